The van der Waals surface area contributed by atoms with E-state index in [-0.39, 0.29) is 5.75 Å². The van der Waals surface area contributed by atoms with Gasteiger partial charge in [0.05, 0.1) is 23.7 Å². The first-order valence-electron chi connectivity index (χ1n) is 7.47. The van der Waals surface area contributed by atoms with Gasteiger partial charge in [0.1, 0.15) is 5.54 Å². The lowest BCUT2D eigenvalue weighted by Crippen LogP contribution is -2.48. The van der Waals surface area contributed by atoms with Crippen LogP contribution in [0.25, 0.3) is 0 Å². The van der Waals surface area contributed by atoms with E-state index in [9.17, 15) is 23.1 Å². The number of rotatable bonds is 1. The summed E-state index contributed by atoms with van der Waals surface area (Å²) in [6.45, 7) is 0. The summed E-state index contributed by atoms with van der Waals surface area (Å²) in [5.74, 6) is -1.27. The summed E-state index contributed by atoms with van der Waals surface area (Å²) < 4.78 is 23.4. The van der Waals surface area contributed by atoms with E-state index < -0.39 is 45.2 Å². The standard InChI is InChI=1S/C15H16N2O5S/c18-12-8-23(21,22)7-11(12)17-13(19)15(16-14(17)20)6-5-9-3-1-2-4-10(9)15/h1-4,11-12,18H,5-8H2,(H,16,20)/t11-,12-,15+/m0/s1. The van der Waals surface area contributed by atoms with Gasteiger partial charge >= 0.3 is 6.03 Å². The van der Waals surface area contributed by atoms with Crippen LogP contribution in [-0.2, 0) is 26.6 Å². The predicted molar refractivity (Wildman–Crippen MR) is 80.3 cm³/mol. The van der Waals surface area contributed by atoms with Crippen LogP contribution in [0, 0.1) is 0 Å². The SMILES string of the molecule is O=C1N[C@@]2(CCc3ccccc32)C(=O)N1[C@H]1CS(=O)(=O)C[C@@H]1O. The molecule has 23 heavy (non-hydrogen) atoms. The summed E-state index contributed by atoms with van der Waals surface area (Å²) >= 11 is 0. The first-order valence-corrected chi connectivity index (χ1v) is 9.29. The lowest BCUT2D eigenvalue weighted by atomic mass is 9.91. The highest BCUT2D eigenvalue weighted by atomic mass is 32.2. The van der Waals surface area contributed by atoms with Gasteiger partial charge in [0.25, 0.3) is 5.91 Å². The van der Waals surface area contributed by atoms with Crippen molar-refractivity contribution in [2.45, 2.75) is 30.5 Å². The summed E-state index contributed by atoms with van der Waals surface area (Å²) in [7, 11) is -3.45. The maximum absolute atomic E-state index is 13.0. The van der Waals surface area contributed by atoms with Gasteiger partial charge in [-0.15, -0.1) is 0 Å². The van der Waals surface area contributed by atoms with Crippen LogP contribution < -0.4 is 5.32 Å². The molecule has 0 aromatic heterocycles. The molecular formula is C15H16N2O5S. The number of sulfone groups is 1. The number of aliphatic hydroxyl groups excluding tert-OH is 1. The van der Waals surface area contributed by atoms with Crippen molar-refractivity contribution >= 4 is 21.8 Å². The van der Waals surface area contributed by atoms with E-state index in [0.29, 0.717) is 12.8 Å². The zero-order valence-corrected chi connectivity index (χ0v) is 13.0. The van der Waals surface area contributed by atoms with Gasteiger partial charge in [0.15, 0.2) is 9.84 Å². The number of hydrogen-bond donors (Lipinski definition) is 2. The molecule has 2 N–H and O–H groups in total. The second-order valence-electron chi connectivity index (χ2n) is 6.38. The lowest BCUT2D eigenvalue weighted by molar-refractivity contribution is -0.134. The van der Waals surface area contributed by atoms with Crippen molar-refractivity contribution in [1.29, 1.82) is 0 Å². The number of carbonyl (C=O) groups excluding carboxylic acids is 2. The molecular weight excluding hydrogens is 320 g/mol. The third-order valence-corrected chi connectivity index (χ3v) is 6.69. The molecule has 2 aliphatic heterocycles. The topological polar surface area (TPSA) is 104 Å². The molecule has 0 saturated carbocycles. The predicted octanol–water partition coefficient (Wildman–Crippen LogP) is -0.462. The van der Waals surface area contributed by atoms with Crippen LogP contribution in [0.5, 0.6) is 0 Å². The number of carbonyl (C=O) groups is 2. The second kappa shape index (κ2) is 4.55. The Hall–Kier alpha value is -1.93. The van der Waals surface area contributed by atoms with Gasteiger partial charge < -0.3 is 10.4 Å². The molecule has 2 heterocycles. The van der Waals surface area contributed by atoms with Crippen molar-refractivity contribution < 1.29 is 23.1 Å². The van der Waals surface area contributed by atoms with Crippen molar-refractivity contribution in [3.8, 4) is 0 Å². The number of nitrogens with one attached hydrogen (secondary N) is 1. The van der Waals surface area contributed by atoms with Gasteiger partial charge in [-0.2, -0.15) is 0 Å². The molecule has 0 radical (unpaired) electrons. The average molecular weight is 336 g/mol. The van der Waals surface area contributed by atoms with Crippen LogP contribution in [0.4, 0.5) is 4.79 Å². The third kappa shape index (κ3) is 1.94. The Labute approximate surface area is 133 Å². The largest absolute Gasteiger partial charge is 0.390 e. The molecule has 3 amide bonds. The number of hydrogen-bond acceptors (Lipinski definition) is 5. The molecule has 1 spiro atoms. The summed E-state index contributed by atoms with van der Waals surface area (Å²) in [6, 6.07) is 5.77. The molecule has 3 atom stereocenters. The quantitative estimate of drug-likeness (QED) is 0.675. The second-order valence-corrected chi connectivity index (χ2v) is 8.53. The number of benzene rings is 1. The molecule has 8 heteroatoms. The number of nitrogens with zero attached hydrogens (tertiary/aromatic N) is 1. The summed E-state index contributed by atoms with van der Waals surface area (Å²) in [5.41, 5.74) is 0.638. The van der Waals surface area contributed by atoms with Crippen molar-refractivity contribution in [2.75, 3.05) is 11.5 Å². The van der Waals surface area contributed by atoms with E-state index in [1.165, 1.54) is 0 Å². The molecule has 2 saturated heterocycles. The fraction of sp³-hybridized carbons (Fsp3) is 0.467. The van der Waals surface area contributed by atoms with Crippen LogP contribution in [0.3, 0.4) is 0 Å². The zero-order valence-electron chi connectivity index (χ0n) is 12.2. The minimum Gasteiger partial charge on any atom is -0.390 e. The van der Waals surface area contributed by atoms with E-state index in [2.05, 4.69) is 5.32 Å². The number of fused-ring (bicyclic) bond motifs is 2. The number of imide groups is 1. The molecule has 2 fully saturated rings. The van der Waals surface area contributed by atoms with Crippen LogP contribution in [-0.4, -0.2) is 54.0 Å². The minimum atomic E-state index is -3.45. The van der Waals surface area contributed by atoms with Crippen molar-refractivity contribution in [3.63, 3.8) is 0 Å². The Morgan fingerprint density at radius 3 is 2.65 bits per heavy atom. The van der Waals surface area contributed by atoms with E-state index in [4.69, 9.17) is 0 Å². The van der Waals surface area contributed by atoms with Crippen molar-refractivity contribution in [1.82, 2.24) is 10.2 Å². The normalized spacial score (nSPS) is 34.9. The van der Waals surface area contributed by atoms with Gasteiger partial charge in [-0.3, -0.25) is 9.69 Å². The van der Waals surface area contributed by atoms with E-state index in [1.54, 1.807) is 0 Å². The van der Waals surface area contributed by atoms with Gasteiger partial charge in [0, 0.05) is 0 Å². The van der Waals surface area contributed by atoms with Crippen molar-refractivity contribution in [2.24, 2.45) is 0 Å². The Kier molecular flexibility index (Phi) is 2.90. The highest BCUT2D eigenvalue weighted by molar-refractivity contribution is 7.91. The molecule has 3 aliphatic rings. The Morgan fingerprint density at radius 1 is 1.22 bits per heavy atom. The number of urea groups is 1. The van der Waals surface area contributed by atoms with E-state index >= 15 is 0 Å². The van der Waals surface area contributed by atoms with Crippen molar-refractivity contribution in [3.05, 3.63) is 35.4 Å². The Morgan fingerprint density at radius 2 is 1.96 bits per heavy atom. The maximum Gasteiger partial charge on any atom is 0.325 e. The Bertz CT molecular complexity index is 821. The van der Waals surface area contributed by atoms with Crippen LogP contribution in [0.1, 0.15) is 17.5 Å². The zero-order chi connectivity index (χ0) is 16.4. The third-order valence-electron chi connectivity index (χ3n) is 4.99. The first-order chi connectivity index (χ1) is 10.8. The smallest absolute Gasteiger partial charge is 0.325 e. The van der Waals surface area contributed by atoms with Gasteiger partial charge in [-0.25, -0.2) is 13.2 Å². The number of aliphatic hydroxyl groups is 1. The molecule has 1 aromatic carbocycles. The molecule has 122 valence electrons. The summed E-state index contributed by atoms with van der Waals surface area (Å²) in [4.78, 5) is 26.3. The monoisotopic (exact) mass is 336 g/mol. The van der Waals surface area contributed by atoms with Gasteiger partial charge in [-0.05, 0) is 24.0 Å². The molecule has 7 nitrogen and oxygen atoms in total. The molecule has 1 aromatic rings. The molecule has 4 rings (SSSR count). The number of aryl methyl sites for hydroxylation is 1. The summed E-state index contributed by atoms with van der Waals surface area (Å²) in [6.07, 6.45) is -0.119. The lowest BCUT2D eigenvalue weighted by Gasteiger charge is -2.25. The Balaban J connectivity index is 1.74. The molecule has 1 aliphatic carbocycles. The van der Waals surface area contributed by atoms with Crippen LogP contribution >= 0.6 is 0 Å². The fourth-order valence-corrected chi connectivity index (χ4v) is 5.69. The minimum absolute atomic E-state index is 0.384. The highest BCUT2D eigenvalue weighted by Gasteiger charge is 2.59. The highest BCUT2D eigenvalue weighted by Crippen LogP contribution is 2.42. The summed E-state index contributed by atoms with van der Waals surface area (Å²) in [5, 5.41) is 12.7. The molecule has 0 bridgehead atoms. The van der Waals surface area contributed by atoms with Crippen LogP contribution in [0.15, 0.2) is 24.3 Å². The van der Waals surface area contributed by atoms with Gasteiger partial charge in [0.2, 0.25) is 0 Å². The van der Waals surface area contributed by atoms with E-state index in [1.807, 2.05) is 24.3 Å². The van der Waals surface area contributed by atoms with Gasteiger partial charge in [-0.1, -0.05) is 24.3 Å². The maximum atomic E-state index is 13.0. The van der Waals surface area contributed by atoms with E-state index in [0.717, 1.165) is 16.0 Å². The number of amides is 3. The first kappa shape index (κ1) is 14.6. The average Bonchev–Trinajstić information content (AvgIpc) is 3.06. The fourth-order valence-electron chi connectivity index (χ4n) is 3.92. The van der Waals surface area contributed by atoms with Crippen LogP contribution in [0.2, 0.25) is 0 Å². The molecule has 0 unspecified atom stereocenters.